The van der Waals surface area contributed by atoms with E-state index < -0.39 is 65.3 Å². The highest BCUT2D eigenvalue weighted by atomic mass is 19.4. The minimum Gasteiger partial charge on any atom is -0.345 e. The monoisotopic (exact) mass is 570 g/mol. The molecule has 1 aliphatic rings. The SMILES string of the molecule is Cc1cc(C(C=Cc2ccc(C(=O)NC3(C(=O)NCC(F)(F)F)CC3)c(C(F)(F)F)c2)C(F)(F)F)ccc1F. The minimum atomic E-state index is -5.15. The molecule has 3 rings (SSSR count). The lowest BCUT2D eigenvalue weighted by atomic mass is 9.94. The van der Waals surface area contributed by atoms with Crippen molar-refractivity contribution < 1.29 is 53.5 Å². The van der Waals surface area contributed by atoms with Crippen molar-refractivity contribution in [1.29, 1.82) is 0 Å². The molecule has 2 N–H and O–H groups in total. The maximum Gasteiger partial charge on any atom is 0.417 e. The standard InChI is InChI=1S/C25H20F10N2O2/c1-13-10-15(4-7-19(13)26)17(24(30,31)32)6-3-14-2-5-16(18(11-14)25(33,34)35)20(38)37-22(8-9-22)21(39)36-12-23(27,28)29/h2-7,10-11,17H,8-9,12H2,1H3,(H,36,39)(H,37,38). The third-order valence-electron chi connectivity index (χ3n) is 5.96. The molecule has 2 aromatic rings. The van der Waals surface area contributed by atoms with Crippen LogP contribution < -0.4 is 10.6 Å². The molecule has 1 unspecified atom stereocenters. The van der Waals surface area contributed by atoms with E-state index in [1.807, 2.05) is 5.32 Å². The van der Waals surface area contributed by atoms with Gasteiger partial charge in [0.2, 0.25) is 5.91 Å². The van der Waals surface area contributed by atoms with Crippen molar-refractivity contribution in [2.45, 2.75) is 49.8 Å². The number of carbonyl (C=O) groups is 2. The molecular weight excluding hydrogens is 550 g/mol. The average molecular weight is 570 g/mol. The van der Waals surface area contributed by atoms with Gasteiger partial charge in [-0.15, -0.1) is 0 Å². The number of nitrogens with one attached hydrogen (secondary N) is 2. The van der Waals surface area contributed by atoms with Crippen molar-refractivity contribution in [3.8, 4) is 0 Å². The van der Waals surface area contributed by atoms with Gasteiger partial charge in [-0.2, -0.15) is 39.5 Å². The van der Waals surface area contributed by atoms with Gasteiger partial charge in [-0.1, -0.05) is 30.4 Å². The Kier molecular flexibility index (Phi) is 8.09. The molecule has 1 fully saturated rings. The molecule has 0 bridgehead atoms. The maximum absolute atomic E-state index is 13.8. The summed E-state index contributed by atoms with van der Waals surface area (Å²) in [6.07, 6.45) is -13.6. The molecular formula is C25H20F10N2O2. The van der Waals surface area contributed by atoms with Crippen LogP contribution in [0.1, 0.15) is 51.4 Å². The Balaban J connectivity index is 1.88. The minimum absolute atomic E-state index is 0.0644. The van der Waals surface area contributed by atoms with Gasteiger partial charge in [0.05, 0.1) is 17.0 Å². The van der Waals surface area contributed by atoms with Crippen LogP contribution in [0.4, 0.5) is 43.9 Å². The van der Waals surface area contributed by atoms with E-state index in [-0.39, 0.29) is 29.5 Å². The van der Waals surface area contributed by atoms with Crippen LogP contribution in [0.5, 0.6) is 0 Å². The quantitative estimate of drug-likeness (QED) is 0.376. The second-order valence-electron chi connectivity index (χ2n) is 9.02. The summed E-state index contributed by atoms with van der Waals surface area (Å²) in [6.45, 7) is -0.449. The molecule has 2 amide bonds. The molecule has 0 aromatic heterocycles. The van der Waals surface area contributed by atoms with Crippen LogP contribution in [0.15, 0.2) is 42.5 Å². The maximum atomic E-state index is 13.8. The van der Waals surface area contributed by atoms with Gasteiger partial charge in [-0.25, -0.2) is 4.39 Å². The van der Waals surface area contributed by atoms with Gasteiger partial charge >= 0.3 is 18.5 Å². The number of hydrogen-bond donors (Lipinski definition) is 2. The summed E-state index contributed by atoms with van der Waals surface area (Å²) in [5.41, 5.74) is -5.08. The van der Waals surface area contributed by atoms with Crippen LogP contribution in [0.2, 0.25) is 0 Å². The Bertz CT molecular complexity index is 1280. The Morgan fingerprint density at radius 1 is 0.974 bits per heavy atom. The van der Waals surface area contributed by atoms with Crippen molar-refractivity contribution in [2.24, 2.45) is 0 Å². The zero-order valence-corrected chi connectivity index (χ0v) is 19.9. The second kappa shape index (κ2) is 10.5. The summed E-state index contributed by atoms with van der Waals surface area (Å²) in [7, 11) is 0. The molecule has 212 valence electrons. The van der Waals surface area contributed by atoms with Gasteiger partial charge in [0.1, 0.15) is 17.9 Å². The number of amides is 2. The third kappa shape index (κ3) is 7.51. The largest absolute Gasteiger partial charge is 0.417 e. The number of aryl methyl sites for hydroxylation is 1. The Morgan fingerprint density at radius 2 is 1.62 bits per heavy atom. The highest BCUT2D eigenvalue weighted by molar-refractivity contribution is 6.01. The van der Waals surface area contributed by atoms with Gasteiger partial charge in [0, 0.05) is 0 Å². The molecule has 0 spiro atoms. The van der Waals surface area contributed by atoms with Gasteiger partial charge in [0.15, 0.2) is 0 Å². The fourth-order valence-electron chi connectivity index (χ4n) is 3.74. The molecule has 0 heterocycles. The molecule has 0 aliphatic heterocycles. The zero-order valence-electron chi connectivity index (χ0n) is 19.9. The number of carbonyl (C=O) groups excluding carboxylic acids is 2. The number of rotatable bonds is 7. The number of alkyl halides is 9. The number of hydrogen-bond acceptors (Lipinski definition) is 2. The van der Waals surface area contributed by atoms with E-state index in [0.717, 1.165) is 30.3 Å². The number of halogens is 10. The summed E-state index contributed by atoms with van der Waals surface area (Å²) in [5, 5.41) is 3.61. The van der Waals surface area contributed by atoms with Crippen molar-refractivity contribution in [3.05, 3.63) is 76.1 Å². The van der Waals surface area contributed by atoms with Crippen molar-refractivity contribution in [1.82, 2.24) is 10.6 Å². The normalized spacial score (nSPS) is 16.2. The lowest BCUT2D eigenvalue weighted by molar-refractivity contribution is -0.140. The summed E-state index contributed by atoms with van der Waals surface area (Å²) in [5.74, 6) is -5.62. The first-order valence-electron chi connectivity index (χ1n) is 11.2. The Hall–Kier alpha value is -3.58. The van der Waals surface area contributed by atoms with E-state index in [9.17, 15) is 53.5 Å². The first kappa shape index (κ1) is 30.0. The highest BCUT2D eigenvalue weighted by Crippen LogP contribution is 2.39. The van der Waals surface area contributed by atoms with Crippen LogP contribution in [0.3, 0.4) is 0 Å². The van der Waals surface area contributed by atoms with Crippen LogP contribution in [-0.2, 0) is 11.0 Å². The van der Waals surface area contributed by atoms with Crippen molar-refractivity contribution in [2.75, 3.05) is 6.54 Å². The molecule has 1 aliphatic carbocycles. The fraction of sp³-hybridized carbons (Fsp3) is 0.360. The molecule has 0 saturated heterocycles. The van der Waals surface area contributed by atoms with Crippen LogP contribution in [-0.4, -0.2) is 36.3 Å². The van der Waals surface area contributed by atoms with Crippen LogP contribution in [0.25, 0.3) is 6.08 Å². The molecule has 0 radical (unpaired) electrons. The zero-order chi connectivity index (χ0) is 29.4. The van der Waals surface area contributed by atoms with E-state index in [2.05, 4.69) is 0 Å². The van der Waals surface area contributed by atoms with Crippen LogP contribution >= 0.6 is 0 Å². The molecule has 1 saturated carbocycles. The predicted molar refractivity (Wildman–Crippen MR) is 119 cm³/mol. The van der Waals surface area contributed by atoms with E-state index >= 15 is 0 Å². The lowest BCUT2D eigenvalue weighted by Gasteiger charge is -2.20. The molecule has 14 heteroatoms. The molecule has 1 atom stereocenters. The van der Waals surface area contributed by atoms with Gasteiger partial charge in [0.25, 0.3) is 5.91 Å². The van der Waals surface area contributed by atoms with Crippen molar-refractivity contribution in [3.63, 3.8) is 0 Å². The molecule has 39 heavy (non-hydrogen) atoms. The Labute approximate surface area is 215 Å². The van der Waals surface area contributed by atoms with E-state index in [1.165, 1.54) is 6.92 Å². The third-order valence-corrected chi connectivity index (χ3v) is 5.96. The average Bonchev–Trinajstić information content (AvgIpc) is 3.58. The molecule has 4 nitrogen and oxygen atoms in total. The predicted octanol–water partition coefficient (Wildman–Crippen LogP) is 6.45. The second-order valence-corrected chi connectivity index (χ2v) is 9.02. The van der Waals surface area contributed by atoms with Crippen LogP contribution in [0, 0.1) is 12.7 Å². The smallest absolute Gasteiger partial charge is 0.345 e. The van der Waals surface area contributed by atoms with Crippen molar-refractivity contribution >= 4 is 17.9 Å². The summed E-state index contributed by atoms with van der Waals surface area (Å²) < 4.78 is 133. The number of benzene rings is 2. The fourth-order valence-corrected chi connectivity index (χ4v) is 3.74. The highest BCUT2D eigenvalue weighted by Gasteiger charge is 2.52. The summed E-state index contributed by atoms with van der Waals surface area (Å²) in [6, 6.07) is 4.75. The van der Waals surface area contributed by atoms with E-state index in [1.54, 1.807) is 5.32 Å². The topological polar surface area (TPSA) is 58.2 Å². The van der Waals surface area contributed by atoms with E-state index in [4.69, 9.17) is 0 Å². The first-order valence-corrected chi connectivity index (χ1v) is 11.2. The summed E-state index contributed by atoms with van der Waals surface area (Å²) in [4.78, 5) is 24.7. The molecule has 2 aromatic carbocycles. The lowest BCUT2D eigenvalue weighted by Crippen LogP contribution is -2.51. The summed E-state index contributed by atoms with van der Waals surface area (Å²) >= 11 is 0. The first-order chi connectivity index (χ1) is 17.8. The van der Waals surface area contributed by atoms with Gasteiger partial charge in [-0.3, -0.25) is 9.59 Å². The number of allylic oxidation sites excluding steroid dienone is 1. The van der Waals surface area contributed by atoms with Gasteiger partial charge < -0.3 is 10.6 Å². The van der Waals surface area contributed by atoms with Gasteiger partial charge in [-0.05, 0) is 54.7 Å². The van der Waals surface area contributed by atoms with E-state index in [0.29, 0.717) is 18.2 Å². The Morgan fingerprint density at radius 3 is 2.13 bits per heavy atom.